The zero-order chi connectivity index (χ0) is 14.5. The van der Waals surface area contributed by atoms with Crippen LogP contribution in [-0.4, -0.2) is 43.7 Å². The summed E-state index contributed by atoms with van der Waals surface area (Å²) in [6.45, 7) is 6.99. The Balaban J connectivity index is 2.14. The number of carbonyl (C=O) groups is 1. The minimum absolute atomic E-state index is 0.00442. The molecule has 0 aliphatic carbocycles. The van der Waals surface area contributed by atoms with Crippen molar-refractivity contribution < 1.29 is 14.3 Å². The molecule has 0 saturated heterocycles. The highest BCUT2D eigenvalue weighted by Gasteiger charge is 2.19. The quantitative estimate of drug-likeness (QED) is 0.887. The van der Waals surface area contributed by atoms with Crippen molar-refractivity contribution in [3.63, 3.8) is 0 Å². The summed E-state index contributed by atoms with van der Waals surface area (Å²) in [5.41, 5.74) is 6.26. The molecule has 1 aliphatic rings. The van der Waals surface area contributed by atoms with Gasteiger partial charge in [0.15, 0.2) is 11.5 Å². The van der Waals surface area contributed by atoms with Gasteiger partial charge in [-0.3, -0.25) is 4.79 Å². The third-order valence-corrected chi connectivity index (χ3v) is 3.39. The third-order valence-electron chi connectivity index (χ3n) is 3.39. The maximum atomic E-state index is 12.5. The standard InChI is InChI=1S/C15H22N2O3/c1-3-17(10-11(2)9-16)15(18)12-4-5-13-14(8-12)20-7-6-19-13/h4-5,8,11H,3,6-7,9-10,16H2,1-2H3. The molecule has 0 spiro atoms. The minimum Gasteiger partial charge on any atom is -0.486 e. The summed E-state index contributed by atoms with van der Waals surface area (Å²) >= 11 is 0. The van der Waals surface area contributed by atoms with Crippen LogP contribution in [0.3, 0.4) is 0 Å². The minimum atomic E-state index is 0.00442. The van der Waals surface area contributed by atoms with Crippen LogP contribution < -0.4 is 15.2 Å². The summed E-state index contributed by atoms with van der Waals surface area (Å²) in [7, 11) is 0. The van der Waals surface area contributed by atoms with Crippen molar-refractivity contribution in [3.05, 3.63) is 23.8 Å². The van der Waals surface area contributed by atoms with Crippen molar-refractivity contribution in [2.45, 2.75) is 13.8 Å². The fourth-order valence-corrected chi connectivity index (χ4v) is 2.17. The Kier molecular flexibility index (Phi) is 4.84. The summed E-state index contributed by atoms with van der Waals surface area (Å²) in [5.74, 6) is 1.64. The van der Waals surface area contributed by atoms with Crippen molar-refractivity contribution >= 4 is 5.91 Å². The molecule has 2 N–H and O–H groups in total. The molecule has 5 heteroatoms. The number of fused-ring (bicyclic) bond motifs is 1. The van der Waals surface area contributed by atoms with E-state index in [2.05, 4.69) is 0 Å². The summed E-state index contributed by atoms with van der Waals surface area (Å²) in [5, 5.41) is 0. The average molecular weight is 278 g/mol. The van der Waals surface area contributed by atoms with E-state index in [4.69, 9.17) is 15.2 Å². The van der Waals surface area contributed by atoms with Crippen LogP contribution in [0.15, 0.2) is 18.2 Å². The zero-order valence-electron chi connectivity index (χ0n) is 12.1. The molecular formula is C15H22N2O3. The largest absolute Gasteiger partial charge is 0.486 e. The van der Waals surface area contributed by atoms with E-state index in [-0.39, 0.29) is 11.8 Å². The average Bonchev–Trinajstić information content (AvgIpc) is 2.51. The van der Waals surface area contributed by atoms with E-state index in [0.717, 1.165) is 0 Å². The lowest BCUT2D eigenvalue weighted by Crippen LogP contribution is -2.36. The molecule has 1 atom stereocenters. The Morgan fingerprint density at radius 1 is 1.35 bits per heavy atom. The van der Waals surface area contributed by atoms with E-state index in [1.54, 1.807) is 18.2 Å². The normalized spacial score (nSPS) is 14.8. The number of ether oxygens (including phenoxy) is 2. The second-order valence-electron chi connectivity index (χ2n) is 5.04. The van der Waals surface area contributed by atoms with Gasteiger partial charge in [0.05, 0.1) is 0 Å². The van der Waals surface area contributed by atoms with E-state index in [9.17, 15) is 4.79 Å². The number of hydrogen-bond acceptors (Lipinski definition) is 4. The highest BCUT2D eigenvalue weighted by atomic mass is 16.6. The molecule has 1 aliphatic heterocycles. The van der Waals surface area contributed by atoms with Crippen LogP contribution >= 0.6 is 0 Å². The zero-order valence-corrected chi connectivity index (χ0v) is 12.1. The SMILES string of the molecule is CCN(CC(C)CN)C(=O)c1ccc2c(c1)OCCO2. The molecule has 0 fully saturated rings. The van der Waals surface area contributed by atoms with Gasteiger partial charge in [0.25, 0.3) is 5.91 Å². The van der Waals surface area contributed by atoms with Crippen molar-refractivity contribution in [3.8, 4) is 11.5 Å². The van der Waals surface area contributed by atoms with E-state index in [1.807, 2.05) is 18.7 Å². The Morgan fingerprint density at radius 3 is 2.70 bits per heavy atom. The van der Waals surface area contributed by atoms with Crippen molar-refractivity contribution in [2.75, 3.05) is 32.8 Å². The van der Waals surface area contributed by atoms with E-state index < -0.39 is 0 Å². The topological polar surface area (TPSA) is 64.8 Å². The molecule has 110 valence electrons. The monoisotopic (exact) mass is 278 g/mol. The van der Waals surface area contributed by atoms with Crippen LogP contribution in [0.4, 0.5) is 0 Å². The lowest BCUT2D eigenvalue weighted by Gasteiger charge is -2.25. The Morgan fingerprint density at radius 2 is 2.05 bits per heavy atom. The summed E-state index contributed by atoms with van der Waals surface area (Å²) in [4.78, 5) is 14.3. The van der Waals surface area contributed by atoms with Crippen LogP contribution in [-0.2, 0) is 0 Å². The van der Waals surface area contributed by atoms with Gasteiger partial charge in [-0.1, -0.05) is 6.92 Å². The van der Waals surface area contributed by atoms with Crippen molar-refractivity contribution in [1.82, 2.24) is 4.90 Å². The molecule has 2 rings (SSSR count). The number of nitrogens with zero attached hydrogens (tertiary/aromatic N) is 1. The van der Waals surface area contributed by atoms with Crippen molar-refractivity contribution in [1.29, 1.82) is 0 Å². The fourth-order valence-electron chi connectivity index (χ4n) is 2.17. The highest BCUT2D eigenvalue weighted by molar-refractivity contribution is 5.95. The number of nitrogens with two attached hydrogens (primary N) is 1. The Labute approximate surface area is 119 Å². The van der Waals surface area contributed by atoms with Gasteiger partial charge in [-0.15, -0.1) is 0 Å². The molecule has 0 saturated carbocycles. The summed E-state index contributed by atoms with van der Waals surface area (Å²) in [6.07, 6.45) is 0. The number of carbonyl (C=O) groups excluding carboxylic acids is 1. The van der Waals surface area contributed by atoms with Gasteiger partial charge >= 0.3 is 0 Å². The van der Waals surface area contributed by atoms with E-state index in [1.165, 1.54) is 0 Å². The number of amides is 1. The van der Waals surface area contributed by atoms with Gasteiger partial charge in [0.1, 0.15) is 13.2 Å². The molecule has 0 radical (unpaired) electrons. The highest BCUT2D eigenvalue weighted by Crippen LogP contribution is 2.31. The van der Waals surface area contributed by atoms with Gasteiger partial charge in [-0.25, -0.2) is 0 Å². The first-order valence-corrected chi connectivity index (χ1v) is 7.04. The van der Waals surface area contributed by atoms with Crippen LogP contribution in [0, 0.1) is 5.92 Å². The molecule has 1 unspecified atom stereocenters. The maximum absolute atomic E-state index is 12.5. The molecule has 1 heterocycles. The lowest BCUT2D eigenvalue weighted by molar-refractivity contribution is 0.0742. The first-order valence-electron chi connectivity index (χ1n) is 7.04. The molecular weight excluding hydrogens is 256 g/mol. The van der Waals surface area contributed by atoms with Gasteiger partial charge < -0.3 is 20.1 Å². The summed E-state index contributed by atoms with van der Waals surface area (Å²) < 4.78 is 11.0. The van der Waals surface area contributed by atoms with Gasteiger partial charge in [-0.2, -0.15) is 0 Å². The molecule has 20 heavy (non-hydrogen) atoms. The van der Waals surface area contributed by atoms with Gasteiger partial charge in [-0.05, 0) is 37.6 Å². The van der Waals surface area contributed by atoms with Crippen LogP contribution in [0.1, 0.15) is 24.2 Å². The molecule has 5 nitrogen and oxygen atoms in total. The molecule has 1 aromatic rings. The fraction of sp³-hybridized carbons (Fsp3) is 0.533. The Bertz CT molecular complexity index is 476. The van der Waals surface area contributed by atoms with Gasteiger partial charge in [0.2, 0.25) is 0 Å². The second kappa shape index (κ2) is 6.61. The smallest absolute Gasteiger partial charge is 0.253 e. The number of rotatable bonds is 5. The van der Waals surface area contributed by atoms with E-state index in [0.29, 0.717) is 49.9 Å². The van der Waals surface area contributed by atoms with Crippen LogP contribution in [0.5, 0.6) is 11.5 Å². The molecule has 0 aromatic heterocycles. The molecule has 1 amide bonds. The molecule has 0 bridgehead atoms. The maximum Gasteiger partial charge on any atom is 0.253 e. The van der Waals surface area contributed by atoms with Crippen LogP contribution in [0.25, 0.3) is 0 Å². The van der Waals surface area contributed by atoms with Gasteiger partial charge in [0, 0.05) is 18.7 Å². The predicted octanol–water partition coefficient (Wildman–Crippen LogP) is 1.51. The van der Waals surface area contributed by atoms with Crippen LogP contribution in [0.2, 0.25) is 0 Å². The van der Waals surface area contributed by atoms with E-state index >= 15 is 0 Å². The van der Waals surface area contributed by atoms with Crippen molar-refractivity contribution in [2.24, 2.45) is 11.7 Å². The first kappa shape index (κ1) is 14.7. The third kappa shape index (κ3) is 3.22. The second-order valence-corrected chi connectivity index (χ2v) is 5.04. The predicted molar refractivity (Wildman–Crippen MR) is 77.2 cm³/mol. The number of hydrogen-bond donors (Lipinski definition) is 1. The first-order chi connectivity index (χ1) is 9.65. The number of benzene rings is 1. The summed E-state index contributed by atoms with van der Waals surface area (Å²) in [6, 6.07) is 5.33. The lowest BCUT2D eigenvalue weighted by atomic mass is 10.1. The molecule has 1 aromatic carbocycles. The Hall–Kier alpha value is -1.75.